The van der Waals surface area contributed by atoms with E-state index < -0.39 is 15.4 Å². The van der Waals surface area contributed by atoms with Gasteiger partial charge in [0.25, 0.3) is 10.0 Å². The van der Waals surface area contributed by atoms with Crippen LogP contribution in [0.15, 0.2) is 125 Å². The van der Waals surface area contributed by atoms with E-state index in [1.807, 2.05) is 54.6 Å². The van der Waals surface area contributed by atoms with Crippen LogP contribution in [0.1, 0.15) is 21.9 Å². The van der Waals surface area contributed by atoms with Gasteiger partial charge in [0, 0.05) is 11.1 Å². The lowest BCUT2D eigenvalue weighted by Crippen LogP contribution is -2.50. The molecule has 37 heavy (non-hydrogen) atoms. The minimum Gasteiger partial charge on any atom is -0.303 e. The van der Waals surface area contributed by atoms with E-state index in [1.165, 1.54) is 23.9 Å². The zero-order valence-corrected chi connectivity index (χ0v) is 22.9. The van der Waals surface area contributed by atoms with Crippen LogP contribution in [-0.2, 0) is 15.4 Å². The van der Waals surface area contributed by atoms with E-state index in [9.17, 15) is 8.42 Å². The van der Waals surface area contributed by atoms with Crippen molar-refractivity contribution in [3.05, 3.63) is 137 Å². The number of thioether (sulfide) groups is 1. The molecular weight excluding hydrogens is 520 g/mol. The second-order valence-corrected chi connectivity index (χ2v) is 12.4. The zero-order valence-electron chi connectivity index (χ0n) is 20.5. The fraction of sp³-hybridized carbons (Fsp3) is 0.167. The van der Waals surface area contributed by atoms with Gasteiger partial charge in [-0.05, 0) is 55.1 Å². The molecule has 4 aromatic rings. The van der Waals surface area contributed by atoms with Crippen molar-refractivity contribution in [1.29, 1.82) is 0 Å². The summed E-state index contributed by atoms with van der Waals surface area (Å²) in [6, 6.07) is 36.5. The van der Waals surface area contributed by atoms with Gasteiger partial charge < -0.3 is 4.90 Å². The molecule has 0 bridgehead atoms. The predicted octanol–water partition coefficient (Wildman–Crippen LogP) is 6.83. The van der Waals surface area contributed by atoms with Gasteiger partial charge in [0.05, 0.1) is 15.6 Å². The lowest BCUT2D eigenvalue weighted by atomic mass is 9.68. The summed E-state index contributed by atoms with van der Waals surface area (Å²) in [5.41, 5.74) is 2.29. The van der Waals surface area contributed by atoms with Crippen molar-refractivity contribution in [3.63, 3.8) is 0 Å². The summed E-state index contributed by atoms with van der Waals surface area (Å²) >= 11 is 7.56. The normalized spacial score (nSPS) is 20.4. The van der Waals surface area contributed by atoms with Crippen LogP contribution in [0, 0.1) is 0 Å². The molecule has 0 amide bonds. The van der Waals surface area contributed by atoms with Gasteiger partial charge in [-0.15, -0.1) is 0 Å². The van der Waals surface area contributed by atoms with Crippen LogP contribution in [0.2, 0.25) is 5.02 Å². The number of hydrogen-bond donors (Lipinski definition) is 0. The first-order valence-electron chi connectivity index (χ1n) is 11.9. The lowest BCUT2D eigenvalue weighted by molar-refractivity contribution is 0.244. The minimum atomic E-state index is -4.01. The highest BCUT2D eigenvalue weighted by Crippen LogP contribution is 2.58. The first-order valence-corrected chi connectivity index (χ1v) is 14.6. The van der Waals surface area contributed by atoms with E-state index in [-0.39, 0.29) is 16.2 Å². The largest absolute Gasteiger partial charge is 0.303 e. The average Bonchev–Trinajstić information content (AvgIpc) is 3.25. The Labute approximate surface area is 228 Å². The SMILES string of the molecule is CN(C)C1C(c2ccccc2)SC(=NS(=O)(=O)c2ccc(Cl)cc2)C1(c1ccccc1)c1ccccc1. The molecule has 0 radical (unpaired) electrons. The summed E-state index contributed by atoms with van der Waals surface area (Å²) in [5, 5.41) is 0.963. The Morgan fingerprint density at radius 2 is 1.24 bits per heavy atom. The highest BCUT2D eigenvalue weighted by Gasteiger charge is 2.58. The van der Waals surface area contributed by atoms with E-state index in [0.29, 0.717) is 10.1 Å². The van der Waals surface area contributed by atoms with Crippen molar-refractivity contribution >= 4 is 38.4 Å². The first kappa shape index (κ1) is 25.7. The van der Waals surface area contributed by atoms with Crippen molar-refractivity contribution in [2.75, 3.05) is 14.1 Å². The maximum absolute atomic E-state index is 13.7. The first-order chi connectivity index (χ1) is 17.8. The number of halogens is 1. The van der Waals surface area contributed by atoms with E-state index in [2.05, 4.69) is 59.8 Å². The fourth-order valence-electron chi connectivity index (χ4n) is 5.20. The third kappa shape index (κ3) is 4.75. The van der Waals surface area contributed by atoms with Gasteiger partial charge in [-0.1, -0.05) is 114 Å². The molecule has 188 valence electrons. The summed E-state index contributed by atoms with van der Waals surface area (Å²) in [5.74, 6) is 0. The van der Waals surface area contributed by atoms with Gasteiger partial charge in [0.15, 0.2) is 0 Å². The van der Waals surface area contributed by atoms with Crippen molar-refractivity contribution in [2.45, 2.75) is 21.6 Å². The summed E-state index contributed by atoms with van der Waals surface area (Å²) in [6.07, 6.45) is 0. The molecule has 2 atom stereocenters. The Morgan fingerprint density at radius 3 is 1.73 bits per heavy atom. The van der Waals surface area contributed by atoms with Gasteiger partial charge in [-0.25, -0.2) is 0 Å². The quantitative estimate of drug-likeness (QED) is 0.266. The Hall–Kier alpha value is -2.90. The van der Waals surface area contributed by atoms with Gasteiger partial charge in [0.2, 0.25) is 0 Å². The molecule has 1 aliphatic rings. The summed E-state index contributed by atoms with van der Waals surface area (Å²) in [6.45, 7) is 0. The molecule has 0 N–H and O–H groups in total. The lowest BCUT2D eigenvalue weighted by Gasteiger charge is -2.41. The zero-order chi connectivity index (χ0) is 26.0. The molecule has 7 heteroatoms. The van der Waals surface area contributed by atoms with Gasteiger partial charge in [-0.3, -0.25) is 0 Å². The molecule has 1 aliphatic heterocycles. The number of rotatable bonds is 6. The number of benzene rings is 4. The molecule has 4 nitrogen and oxygen atoms in total. The minimum absolute atomic E-state index is 0.0595. The number of sulfonamides is 1. The molecule has 0 aromatic heterocycles. The van der Waals surface area contributed by atoms with Crippen LogP contribution >= 0.6 is 23.4 Å². The van der Waals surface area contributed by atoms with Gasteiger partial charge in [0.1, 0.15) is 5.04 Å². The second-order valence-electron chi connectivity index (χ2n) is 9.22. The molecule has 1 heterocycles. The van der Waals surface area contributed by atoms with Crippen LogP contribution < -0.4 is 0 Å². The summed E-state index contributed by atoms with van der Waals surface area (Å²) in [7, 11) is 0.0957. The van der Waals surface area contributed by atoms with Crippen molar-refractivity contribution in [3.8, 4) is 0 Å². The van der Waals surface area contributed by atoms with Crippen LogP contribution in [0.4, 0.5) is 0 Å². The molecule has 2 unspecified atom stereocenters. The van der Waals surface area contributed by atoms with Crippen molar-refractivity contribution in [1.82, 2.24) is 4.90 Å². The standard InChI is InChI=1S/C30H27ClN2O2S2/c1-33(2)28-27(22-12-6-3-7-13-22)36-29(32-37(34,35)26-20-18-25(31)19-21-26)30(28,23-14-8-4-9-15-23)24-16-10-5-11-17-24/h3-21,27-28H,1-2H3. The van der Waals surface area contributed by atoms with E-state index in [1.54, 1.807) is 12.1 Å². The molecule has 1 fully saturated rings. The third-order valence-corrected chi connectivity index (χ3v) is 9.84. The van der Waals surface area contributed by atoms with E-state index in [0.717, 1.165) is 16.7 Å². The second kappa shape index (κ2) is 10.5. The number of hydrogen-bond acceptors (Lipinski definition) is 4. The van der Waals surface area contributed by atoms with Gasteiger partial charge >= 0.3 is 0 Å². The predicted molar refractivity (Wildman–Crippen MR) is 154 cm³/mol. The number of likely N-dealkylation sites (N-methyl/N-ethyl adjacent to an activating group) is 1. The average molecular weight is 547 g/mol. The van der Waals surface area contributed by atoms with Crippen LogP contribution in [0.3, 0.4) is 0 Å². The molecule has 5 rings (SSSR count). The van der Waals surface area contributed by atoms with E-state index >= 15 is 0 Å². The topological polar surface area (TPSA) is 49.7 Å². The van der Waals surface area contributed by atoms with E-state index in [4.69, 9.17) is 11.6 Å². The Kier molecular flexibility index (Phi) is 7.28. The van der Waals surface area contributed by atoms with Crippen molar-refractivity contribution in [2.24, 2.45) is 4.40 Å². The molecule has 0 aliphatic carbocycles. The molecule has 1 saturated heterocycles. The Morgan fingerprint density at radius 1 is 0.757 bits per heavy atom. The molecule has 4 aromatic carbocycles. The molecular formula is C30H27ClN2O2S2. The smallest absolute Gasteiger partial charge is 0.283 e. The van der Waals surface area contributed by atoms with Crippen LogP contribution in [-0.4, -0.2) is 38.5 Å². The molecule has 0 saturated carbocycles. The maximum Gasteiger partial charge on any atom is 0.283 e. The van der Waals surface area contributed by atoms with Crippen LogP contribution in [0.25, 0.3) is 0 Å². The fourth-order valence-corrected chi connectivity index (χ4v) is 8.39. The van der Waals surface area contributed by atoms with Gasteiger partial charge in [-0.2, -0.15) is 12.8 Å². The number of nitrogens with zero attached hydrogens (tertiary/aromatic N) is 2. The monoisotopic (exact) mass is 546 g/mol. The highest BCUT2D eigenvalue weighted by atomic mass is 35.5. The maximum atomic E-state index is 13.7. The Bertz CT molecular complexity index is 1450. The van der Waals surface area contributed by atoms with Crippen LogP contribution in [0.5, 0.6) is 0 Å². The highest BCUT2D eigenvalue weighted by molar-refractivity contribution is 8.15. The molecule has 0 spiro atoms. The summed E-state index contributed by atoms with van der Waals surface area (Å²) in [4.78, 5) is 2.31. The van der Waals surface area contributed by atoms with Crippen molar-refractivity contribution < 1.29 is 8.42 Å². The third-order valence-electron chi connectivity index (χ3n) is 6.76. The Balaban J connectivity index is 1.84. The summed E-state index contributed by atoms with van der Waals surface area (Å²) < 4.78 is 32.0.